The molecule has 1 aliphatic carbocycles. The number of hydrogen-bond donors (Lipinski definition) is 3. The molecule has 0 atom stereocenters. The zero-order chi connectivity index (χ0) is 14.8. The van der Waals surface area contributed by atoms with Crippen molar-refractivity contribution in [1.82, 2.24) is 10.0 Å². The van der Waals surface area contributed by atoms with E-state index >= 15 is 0 Å². The van der Waals surface area contributed by atoms with Crippen molar-refractivity contribution in [3.05, 3.63) is 29.8 Å². The maximum absolute atomic E-state index is 12.2. The minimum absolute atomic E-state index is 0.0879. The predicted octanol–water partition coefficient (Wildman–Crippen LogP) is 0.239. The molecule has 3 N–H and O–H groups in total. The molecule has 6 nitrogen and oxygen atoms in total. The Morgan fingerprint density at radius 2 is 1.90 bits per heavy atom. The van der Waals surface area contributed by atoms with Crippen LogP contribution in [0.2, 0.25) is 0 Å². The first-order valence-electron chi connectivity index (χ1n) is 6.39. The molecule has 2 rings (SSSR count). The summed E-state index contributed by atoms with van der Waals surface area (Å²) in [6.45, 7) is -0.206. The molecule has 0 aromatic heterocycles. The number of rotatable bonds is 5. The zero-order valence-electron chi connectivity index (χ0n) is 11.2. The fourth-order valence-corrected chi connectivity index (χ4v) is 3.62. The highest BCUT2D eigenvalue weighted by atomic mass is 32.2. The molecule has 0 heterocycles. The van der Waals surface area contributed by atoms with Gasteiger partial charge in [0.2, 0.25) is 10.0 Å². The number of amides is 1. The lowest BCUT2D eigenvalue weighted by Gasteiger charge is -2.40. The lowest BCUT2D eigenvalue weighted by molar-refractivity contribution is 0.0963. The van der Waals surface area contributed by atoms with Crippen LogP contribution < -0.4 is 10.0 Å². The zero-order valence-corrected chi connectivity index (χ0v) is 12.0. The largest absolute Gasteiger partial charge is 0.394 e. The molecule has 110 valence electrons. The van der Waals surface area contributed by atoms with Gasteiger partial charge in [0.05, 0.1) is 17.0 Å². The van der Waals surface area contributed by atoms with Gasteiger partial charge in [-0.3, -0.25) is 4.79 Å². The van der Waals surface area contributed by atoms with Crippen LogP contribution in [0.25, 0.3) is 0 Å². The number of carbonyl (C=O) groups is 1. The van der Waals surface area contributed by atoms with Crippen molar-refractivity contribution in [3.8, 4) is 0 Å². The third kappa shape index (κ3) is 2.84. The number of aliphatic hydroxyl groups is 1. The molecule has 1 aromatic rings. The van der Waals surface area contributed by atoms with Gasteiger partial charge in [0.25, 0.3) is 5.91 Å². The van der Waals surface area contributed by atoms with Gasteiger partial charge in [-0.2, -0.15) is 0 Å². The van der Waals surface area contributed by atoms with Crippen molar-refractivity contribution in [2.24, 2.45) is 0 Å². The second kappa shape index (κ2) is 5.51. The number of nitrogens with one attached hydrogen (secondary N) is 2. The van der Waals surface area contributed by atoms with E-state index in [4.69, 9.17) is 0 Å². The molecule has 1 aliphatic rings. The first kappa shape index (κ1) is 15.0. The van der Waals surface area contributed by atoms with Crippen LogP contribution in [0.5, 0.6) is 0 Å². The molecule has 7 heteroatoms. The summed E-state index contributed by atoms with van der Waals surface area (Å²) in [5, 5.41) is 11.8. The monoisotopic (exact) mass is 298 g/mol. The highest BCUT2D eigenvalue weighted by molar-refractivity contribution is 7.89. The Morgan fingerprint density at radius 3 is 2.30 bits per heavy atom. The van der Waals surface area contributed by atoms with Crippen molar-refractivity contribution in [2.75, 3.05) is 13.7 Å². The van der Waals surface area contributed by atoms with Gasteiger partial charge in [-0.25, -0.2) is 13.1 Å². The van der Waals surface area contributed by atoms with Crippen molar-refractivity contribution in [2.45, 2.75) is 29.7 Å². The maximum atomic E-state index is 12.2. The molecule has 20 heavy (non-hydrogen) atoms. The molecule has 1 amide bonds. The van der Waals surface area contributed by atoms with Gasteiger partial charge < -0.3 is 10.4 Å². The Balaban J connectivity index is 2.19. The second-order valence-corrected chi connectivity index (χ2v) is 6.68. The normalized spacial score (nSPS) is 17.3. The summed E-state index contributed by atoms with van der Waals surface area (Å²) in [6, 6.07) is 5.69. The minimum atomic E-state index is -3.68. The van der Waals surface area contributed by atoms with Gasteiger partial charge in [0.1, 0.15) is 0 Å². The van der Waals surface area contributed by atoms with Crippen molar-refractivity contribution >= 4 is 15.9 Å². The van der Waals surface area contributed by atoms with E-state index in [1.807, 2.05) is 0 Å². The first-order valence-corrected chi connectivity index (χ1v) is 7.88. The second-order valence-electron chi connectivity index (χ2n) is 5.00. The Labute approximate surface area is 118 Å². The quantitative estimate of drug-likeness (QED) is 0.725. The lowest BCUT2D eigenvalue weighted by Crippen LogP contribution is -2.55. The number of benzene rings is 1. The van der Waals surface area contributed by atoms with Gasteiger partial charge in [0.15, 0.2) is 0 Å². The lowest BCUT2D eigenvalue weighted by atomic mass is 9.78. The molecule has 1 fully saturated rings. The van der Waals surface area contributed by atoms with Crippen LogP contribution in [0.3, 0.4) is 0 Å². The topological polar surface area (TPSA) is 95.5 Å². The predicted molar refractivity (Wildman–Crippen MR) is 73.8 cm³/mol. The van der Waals surface area contributed by atoms with Crippen LogP contribution in [0.1, 0.15) is 29.6 Å². The average Bonchev–Trinajstić information content (AvgIpc) is 2.42. The van der Waals surface area contributed by atoms with E-state index in [1.54, 1.807) is 0 Å². The van der Waals surface area contributed by atoms with E-state index in [9.17, 15) is 18.3 Å². The van der Waals surface area contributed by atoms with Crippen molar-refractivity contribution in [3.63, 3.8) is 0 Å². The molecule has 0 aliphatic heterocycles. The number of sulfonamides is 1. The summed E-state index contributed by atoms with van der Waals surface area (Å²) in [7, 11) is -2.17. The van der Waals surface area contributed by atoms with Gasteiger partial charge in [-0.05, 0) is 43.5 Å². The summed E-state index contributed by atoms with van der Waals surface area (Å²) in [4.78, 5) is 11.5. The van der Waals surface area contributed by atoms with E-state index in [1.165, 1.54) is 31.3 Å². The maximum Gasteiger partial charge on any atom is 0.251 e. The molecular weight excluding hydrogens is 280 g/mol. The number of carbonyl (C=O) groups excluding carboxylic acids is 1. The standard InChI is InChI=1S/C13H18N2O4S/c1-14-12(17)10-3-5-11(6-4-10)20(18,19)15-13(9-16)7-2-8-13/h3-6,15-16H,2,7-9H2,1H3,(H,14,17). The van der Waals surface area contributed by atoms with E-state index in [0.717, 1.165) is 6.42 Å². The van der Waals surface area contributed by atoms with Crippen LogP contribution in [0, 0.1) is 0 Å². The summed E-state index contributed by atoms with van der Waals surface area (Å²) in [6.07, 6.45) is 2.18. The molecule has 0 unspecified atom stereocenters. The first-order chi connectivity index (χ1) is 9.42. The van der Waals surface area contributed by atoms with Gasteiger partial charge in [-0.15, -0.1) is 0 Å². The molecule has 1 saturated carbocycles. The molecule has 0 radical (unpaired) electrons. The van der Waals surface area contributed by atoms with Gasteiger partial charge in [-0.1, -0.05) is 0 Å². The number of hydrogen-bond acceptors (Lipinski definition) is 4. The van der Waals surface area contributed by atoms with Gasteiger partial charge in [0, 0.05) is 12.6 Å². The Hall–Kier alpha value is -1.44. The number of aliphatic hydroxyl groups excluding tert-OH is 1. The molecule has 0 saturated heterocycles. The van der Waals surface area contributed by atoms with E-state index in [0.29, 0.717) is 18.4 Å². The third-order valence-electron chi connectivity index (χ3n) is 3.62. The van der Waals surface area contributed by atoms with Crippen LogP contribution in [0.4, 0.5) is 0 Å². The fraction of sp³-hybridized carbons (Fsp3) is 0.462. The summed E-state index contributed by atoms with van der Waals surface area (Å²) in [5.41, 5.74) is -0.329. The summed E-state index contributed by atoms with van der Waals surface area (Å²) >= 11 is 0. The Morgan fingerprint density at radius 1 is 1.30 bits per heavy atom. The van der Waals surface area contributed by atoms with Crippen LogP contribution >= 0.6 is 0 Å². The van der Waals surface area contributed by atoms with E-state index in [2.05, 4.69) is 10.0 Å². The van der Waals surface area contributed by atoms with Gasteiger partial charge >= 0.3 is 0 Å². The summed E-state index contributed by atoms with van der Waals surface area (Å²) < 4.78 is 27.0. The molecular formula is C13H18N2O4S. The Bertz CT molecular complexity index is 586. The highest BCUT2D eigenvalue weighted by Crippen LogP contribution is 2.32. The van der Waals surface area contributed by atoms with Crippen LogP contribution in [-0.2, 0) is 10.0 Å². The van der Waals surface area contributed by atoms with E-state index < -0.39 is 15.6 Å². The van der Waals surface area contributed by atoms with Crippen LogP contribution in [0.15, 0.2) is 29.2 Å². The summed E-state index contributed by atoms with van der Waals surface area (Å²) in [5.74, 6) is -0.271. The highest BCUT2D eigenvalue weighted by Gasteiger charge is 2.40. The van der Waals surface area contributed by atoms with Crippen molar-refractivity contribution in [1.29, 1.82) is 0 Å². The Kier molecular flexibility index (Phi) is 4.12. The molecule has 0 spiro atoms. The average molecular weight is 298 g/mol. The molecule has 0 bridgehead atoms. The smallest absolute Gasteiger partial charge is 0.251 e. The SMILES string of the molecule is CNC(=O)c1ccc(S(=O)(=O)NC2(CO)CCC2)cc1. The minimum Gasteiger partial charge on any atom is -0.394 e. The van der Waals surface area contributed by atoms with Crippen molar-refractivity contribution < 1.29 is 18.3 Å². The molecule has 1 aromatic carbocycles. The van der Waals surface area contributed by atoms with Crippen LogP contribution in [-0.4, -0.2) is 38.6 Å². The fourth-order valence-electron chi connectivity index (χ4n) is 2.17. The third-order valence-corrected chi connectivity index (χ3v) is 5.21. The van der Waals surface area contributed by atoms with E-state index in [-0.39, 0.29) is 17.4 Å².